The number of hydrogen-bond donors (Lipinski definition) is 1. The summed E-state index contributed by atoms with van der Waals surface area (Å²) in [6.07, 6.45) is 5.27. The molecule has 0 fully saturated rings. The summed E-state index contributed by atoms with van der Waals surface area (Å²) in [4.78, 5) is 23.8. The number of rotatable bonds is 4. The standard InChI is InChI=1S/C13H13ClN4O/c1-2-9-4-3-5-15-10(9)6-18-13(19)11-7-17-12(14)8-16-11/h3-5,7-8H,2,6H2,1H3,(H,18,19). The Labute approximate surface area is 116 Å². The molecule has 1 amide bonds. The second-order valence-electron chi connectivity index (χ2n) is 3.87. The molecule has 0 spiro atoms. The number of carbonyl (C=O) groups is 1. The Bertz CT molecular complexity index is 571. The summed E-state index contributed by atoms with van der Waals surface area (Å²) in [5.74, 6) is -0.295. The summed E-state index contributed by atoms with van der Waals surface area (Å²) in [7, 11) is 0. The third-order valence-corrected chi connectivity index (χ3v) is 2.83. The van der Waals surface area contributed by atoms with Crippen molar-refractivity contribution in [1.29, 1.82) is 0 Å². The highest BCUT2D eigenvalue weighted by Crippen LogP contribution is 2.06. The summed E-state index contributed by atoms with van der Waals surface area (Å²) in [5, 5.41) is 3.02. The predicted octanol–water partition coefficient (Wildman–Crippen LogP) is 2.02. The van der Waals surface area contributed by atoms with Crippen LogP contribution in [0, 0.1) is 0 Å². The van der Waals surface area contributed by atoms with Gasteiger partial charge in [-0.2, -0.15) is 0 Å². The molecule has 0 aromatic carbocycles. The van der Waals surface area contributed by atoms with Gasteiger partial charge >= 0.3 is 0 Å². The number of amides is 1. The lowest BCUT2D eigenvalue weighted by atomic mass is 10.1. The summed E-state index contributed by atoms with van der Waals surface area (Å²) < 4.78 is 0. The lowest BCUT2D eigenvalue weighted by Crippen LogP contribution is -2.25. The fraction of sp³-hybridized carbons (Fsp3) is 0.231. The van der Waals surface area contributed by atoms with E-state index >= 15 is 0 Å². The third-order valence-electron chi connectivity index (χ3n) is 2.63. The molecule has 0 saturated carbocycles. The van der Waals surface area contributed by atoms with Gasteiger partial charge in [-0.25, -0.2) is 9.97 Å². The quantitative estimate of drug-likeness (QED) is 0.928. The molecule has 5 nitrogen and oxygen atoms in total. The van der Waals surface area contributed by atoms with Crippen molar-refractivity contribution in [3.63, 3.8) is 0 Å². The molecule has 2 aromatic heterocycles. The van der Waals surface area contributed by atoms with E-state index < -0.39 is 0 Å². The Morgan fingerprint density at radius 3 is 2.84 bits per heavy atom. The summed E-state index contributed by atoms with van der Waals surface area (Å²) in [6, 6.07) is 3.88. The fourth-order valence-corrected chi connectivity index (χ4v) is 1.73. The largest absolute Gasteiger partial charge is 0.345 e. The SMILES string of the molecule is CCc1cccnc1CNC(=O)c1cnc(Cl)cn1. The first-order valence-electron chi connectivity index (χ1n) is 5.89. The van der Waals surface area contributed by atoms with Crippen molar-refractivity contribution in [1.82, 2.24) is 20.3 Å². The number of pyridine rings is 1. The van der Waals surface area contributed by atoms with Crippen LogP contribution in [0.1, 0.15) is 28.7 Å². The molecule has 0 atom stereocenters. The topological polar surface area (TPSA) is 67.8 Å². The molecule has 1 N–H and O–H groups in total. The Morgan fingerprint density at radius 1 is 1.32 bits per heavy atom. The second kappa shape index (κ2) is 6.24. The lowest BCUT2D eigenvalue weighted by molar-refractivity contribution is 0.0945. The number of aromatic nitrogens is 3. The van der Waals surface area contributed by atoms with Crippen LogP contribution in [0.2, 0.25) is 5.15 Å². The minimum atomic E-state index is -0.295. The van der Waals surface area contributed by atoms with Crippen LogP contribution >= 0.6 is 11.6 Å². The molecule has 2 heterocycles. The van der Waals surface area contributed by atoms with Crippen molar-refractivity contribution in [2.75, 3.05) is 0 Å². The summed E-state index contributed by atoms with van der Waals surface area (Å²) >= 11 is 5.61. The molecule has 0 saturated heterocycles. The minimum absolute atomic E-state index is 0.235. The first kappa shape index (κ1) is 13.4. The van der Waals surface area contributed by atoms with Crippen molar-refractivity contribution in [3.8, 4) is 0 Å². The minimum Gasteiger partial charge on any atom is -0.345 e. The smallest absolute Gasteiger partial charge is 0.271 e. The van der Waals surface area contributed by atoms with E-state index in [9.17, 15) is 4.79 Å². The lowest BCUT2D eigenvalue weighted by Gasteiger charge is -2.07. The molecule has 0 aliphatic rings. The summed E-state index contributed by atoms with van der Waals surface area (Å²) in [5.41, 5.74) is 2.21. The van der Waals surface area contributed by atoms with Crippen LogP contribution in [-0.4, -0.2) is 20.9 Å². The molecule has 0 aliphatic carbocycles. The Morgan fingerprint density at radius 2 is 2.16 bits per heavy atom. The third kappa shape index (κ3) is 3.48. The highest BCUT2D eigenvalue weighted by molar-refractivity contribution is 6.29. The normalized spacial score (nSPS) is 10.2. The van der Waals surface area contributed by atoms with Crippen molar-refractivity contribution < 1.29 is 4.79 Å². The van der Waals surface area contributed by atoms with Crippen LogP contribution < -0.4 is 5.32 Å². The first-order valence-corrected chi connectivity index (χ1v) is 6.27. The number of halogens is 1. The van der Waals surface area contributed by atoms with Crippen LogP contribution in [-0.2, 0) is 13.0 Å². The van der Waals surface area contributed by atoms with Crippen LogP contribution in [0.4, 0.5) is 0 Å². The van der Waals surface area contributed by atoms with Crippen LogP contribution in [0.15, 0.2) is 30.7 Å². The van der Waals surface area contributed by atoms with Crippen molar-refractivity contribution in [2.24, 2.45) is 0 Å². The van der Waals surface area contributed by atoms with Gasteiger partial charge in [-0.1, -0.05) is 24.6 Å². The van der Waals surface area contributed by atoms with Gasteiger partial charge in [0, 0.05) is 6.20 Å². The molecule has 98 valence electrons. The molecule has 0 radical (unpaired) electrons. The Kier molecular flexibility index (Phi) is 4.41. The fourth-order valence-electron chi connectivity index (χ4n) is 1.64. The zero-order chi connectivity index (χ0) is 13.7. The number of hydrogen-bond acceptors (Lipinski definition) is 4. The molecular weight excluding hydrogens is 264 g/mol. The molecule has 0 bridgehead atoms. The van der Waals surface area contributed by atoms with Crippen LogP contribution in [0.3, 0.4) is 0 Å². The van der Waals surface area contributed by atoms with E-state index in [1.54, 1.807) is 6.20 Å². The van der Waals surface area contributed by atoms with Gasteiger partial charge in [-0.15, -0.1) is 0 Å². The second-order valence-corrected chi connectivity index (χ2v) is 4.26. The predicted molar refractivity (Wildman–Crippen MR) is 71.8 cm³/mol. The van der Waals surface area contributed by atoms with Gasteiger partial charge in [0.1, 0.15) is 10.8 Å². The van der Waals surface area contributed by atoms with E-state index in [-0.39, 0.29) is 16.8 Å². The van der Waals surface area contributed by atoms with E-state index in [1.807, 2.05) is 19.1 Å². The van der Waals surface area contributed by atoms with Gasteiger partial charge in [0.2, 0.25) is 0 Å². The van der Waals surface area contributed by atoms with Gasteiger partial charge in [0.05, 0.1) is 24.6 Å². The van der Waals surface area contributed by atoms with Crippen LogP contribution in [0.5, 0.6) is 0 Å². The van der Waals surface area contributed by atoms with Gasteiger partial charge < -0.3 is 5.32 Å². The maximum absolute atomic E-state index is 11.8. The maximum atomic E-state index is 11.8. The van der Waals surface area contributed by atoms with Gasteiger partial charge in [0.15, 0.2) is 0 Å². The number of aryl methyl sites for hydroxylation is 1. The molecule has 2 aromatic rings. The Hall–Kier alpha value is -2.01. The first-order chi connectivity index (χ1) is 9.20. The molecule has 19 heavy (non-hydrogen) atoms. The molecular formula is C13H13ClN4O. The number of nitrogens with one attached hydrogen (secondary N) is 1. The number of nitrogens with zero attached hydrogens (tertiary/aromatic N) is 3. The van der Waals surface area contributed by atoms with E-state index in [4.69, 9.17) is 11.6 Å². The average Bonchev–Trinajstić information content (AvgIpc) is 2.45. The molecule has 2 rings (SSSR count). The monoisotopic (exact) mass is 276 g/mol. The van der Waals surface area contributed by atoms with E-state index in [0.717, 1.165) is 17.7 Å². The van der Waals surface area contributed by atoms with Gasteiger partial charge in [0.25, 0.3) is 5.91 Å². The van der Waals surface area contributed by atoms with Gasteiger partial charge in [-0.05, 0) is 18.1 Å². The van der Waals surface area contributed by atoms with E-state index in [2.05, 4.69) is 20.3 Å². The summed E-state index contributed by atoms with van der Waals surface area (Å²) in [6.45, 7) is 2.42. The van der Waals surface area contributed by atoms with Gasteiger partial charge in [-0.3, -0.25) is 9.78 Å². The van der Waals surface area contributed by atoms with Crippen molar-refractivity contribution >= 4 is 17.5 Å². The Balaban J connectivity index is 2.02. The highest BCUT2D eigenvalue weighted by Gasteiger charge is 2.09. The molecule has 0 aliphatic heterocycles. The zero-order valence-corrected chi connectivity index (χ0v) is 11.2. The highest BCUT2D eigenvalue weighted by atomic mass is 35.5. The molecule has 0 unspecified atom stereocenters. The van der Waals surface area contributed by atoms with Crippen LogP contribution in [0.25, 0.3) is 0 Å². The van der Waals surface area contributed by atoms with Crippen molar-refractivity contribution in [3.05, 3.63) is 52.8 Å². The van der Waals surface area contributed by atoms with E-state index in [0.29, 0.717) is 6.54 Å². The van der Waals surface area contributed by atoms with E-state index in [1.165, 1.54) is 12.4 Å². The maximum Gasteiger partial charge on any atom is 0.271 e. The zero-order valence-electron chi connectivity index (χ0n) is 10.4. The average molecular weight is 277 g/mol. The van der Waals surface area contributed by atoms with Crippen molar-refractivity contribution in [2.45, 2.75) is 19.9 Å². The molecule has 6 heteroatoms. The number of carbonyl (C=O) groups excluding carboxylic acids is 1.